The number of hydrogen-bond acceptors (Lipinski definition) is 4. The summed E-state index contributed by atoms with van der Waals surface area (Å²) >= 11 is 1.38. The van der Waals surface area contributed by atoms with Crippen LogP contribution in [0.15, 0.2) is 41.8 Å². The number of amides is 2. The Morgan fingerprint density at radius 3 is 2.74 bits per heavy atom. The largest absolute Gasteiger partial charge is 0.348 e. The summed E-state index contributed by atoms with van der Waals surface area (Å²) in [5, 5.41) is 10.9. The Morgan fingerprint density at radius 2 is 2.04 bits per heavy atom. The summed E-state index contributed by atoms with van der Waals surface area (Å²) in [7, 11) is 0. The molecule has 1 aromatic heterocycles. The van der Waals surface area contributed by atoms with Crippen LogP contribution < -0.4 is 16.0 Å². The molecule has 1 aliphatic rings. The minimum absolute atomic E-state index is 0. The zero-order valence-electron chi connectivity index (χ0n) is 12.4. The zero-order valence-corrected chi connectivity index (χ0v) is 14.0. The Hall–Kier alpha value is -1.89. The van der Waals surface area contributed by atoms with Crippen molar-refractivity contribution >= 4 is 41.2 Å². The fourth-order valence-electron chi connectivity index (χ4n) is 2.39. The Morgan fingerprint density at radius 1 is 1.17 bits per heavy atom. The van der Waals surface area contributed by atoms with E-state index in [1.165, 1.54) is 11.3 Å². The fraction of sp³-hybridized carbons (Fsp3) is 0.250. The molecule has 122 valence electrons. The van der Waals surface area contributed by atoms with Gasteiger partial charge in [-0.25, -0.2) is 0 Å². The standard InChI is InChI=1S/C16H17N3O2S.ClH/c20-15(19-13-6-7-17-10-13)11-3-1-4-12(9-11)18-16(21)14-5-2-8-22-14;/h1-5,8-9,13,17H,6-7,10H2,(H,18,21)(H,19,20);1H. The minimum atomic E-state index is -0.160. The van der Waals surface area contributed by atoms with E-state index in [0.717, 1.165) is 19.5 Å². The molecular weight excluding hydrogens is 334 g/mol. The SMILES string of the molecule is Cl.O=C(NC1CCNC1)c1cccc(NC(=O)c2cccs2)c1. The minimum Gasteiger partial charge on any atom is -0.348 e. The number of carbonyl (C=O) groups excluding carboxylic acids is 2. The van der Waals surface area contributed by atoms with Gasteiger partial charge in [-0.3, -0.25) is 9.59 Å². The number of halogens is 1. The molecule has 7 heteroatoms. The van der Waals surface area contributed by atoms with E-state index in [1.807, 2.05) is 11.4 Å². The molecule has 1 atom stereocenters. The molecule has 1 fully saturated rings. The second-order valence-electron chi connectivity index (χ2n) is 5.18. The predicted molar refractivity (Wildman–Crippen MR) is 94.7 cm³/mol. The second kappa shape index (κ2) is 8.10. The molecule has 1 unspecified atom stereocenters. The lowest BCUT2D eigenvalue weighted by atomic mass is 10.1. The summed E-state index contributed by atoms with van der Waals surface area (Å²) in [6, 6.07) is 10.8. The van der Waals surface area contributed by atoms with Crippen molar-refractivity contribution in [1.29, 1.82) is 0 Å². The summed E-state index contributed by atoms with van der Waals surface area (Å²) < 4.78 is 0. The van der Waals surface area contributed by atoms with E-state index in [9.17, 15) is 9.59 Å². The molecule has 5 nitrogen and oxygen atoms in total. The number of nitrogens with one attached hydrogen (secondary N) is 3. The summed E-state index contributed by atoms with van der Waals surface area (Å²) in [5.74, 6) is -0.270. The number of benzene rings is 1. The van der Waals surface area contributed by atoms with Crippen molar-refractivity contribution in [2.75, 3.05) is 18.4 Å². The highest BCUT2D eigenvalue weighted by Crippen LogP contribution is 2.15. The maximum absolute atomic E-state index is 12.2. The van der Waals surface area contributed by atoms with E-state index >= 15 is 0 Å². The van der Waals surface area contributed by atoms with Gasteiger partial charge in [0.05, 0.1) is 4.88 Å². The first-order valence-electron chi connectivity index (χ1n) is 7.19. The van der Waals surface area contributed by atoms with Gasteiger partial charge in [-0.05, 0) is 42.6 Å². The van der Waals surface area contributed by atoms with Crippen molar-refractivity contribution in [3.63, 3.8) is 0 Å². The lowest BCUT2D eigenvalue weighted by Gasteiger charge is -2.12. The summed E-state index contributed by atoms with van der Waals surface area (Å²) in [6.45, 7) is 1.74. The Balaban J connectivity index is 0.00000192. The van der Waals surface area contributed by atoms with Gasteiger partial charge in [0, 0.05) is 23.8 Å². The van der Waals surface area contributed by atoms with Crippen molar-refractivity contribution in [3.05, 3.63) is 52.2 Å². The molecule has 0 spiro atoms. The summed E-state index contributed by atoms with van der Waals surface area (Å²) in [4.78, 5) is 24.9. The summed E-state index contributed by atoms with van der Waals surface area (Å²) in [6.07, 6.45) is 0.945. The van der Waals surface area contributed by atoms with E-state index in [2.05, 4.69) is 16.0 Å². The Kier molecular flexibility index (Phi) is 6.15. The van der Waals surface area contributed by atoms with Gasteiger partial charge >= 0.3 is 0 Å². The van der Waals surface area contributed by atoms with Crippen LogP contribution in [0.4, 0.5) is 5.69 Å². The molecule has 2 amide bonds. The van der Waals surface area contributed by atoms with Crippen LogP contribution in [0.3, 0.4) is 0 Å². The monoisotopic (exact) mass is 351 g/mol. The molecule has 23 heavy (non-hydrogen) atoms. The molecule has 0 radical (unpaired) electrons. The molecule has 2 heterocycles. The quantitative estimate of drug-likeness (QED) is 0.792. The third-order valence-corrected chi connectivity index (χ3v) is 4.39. The third kappa shape index (κ3) is 4.54. The van der Waals surface area contributed by atoms with Crippen molar-refractivity contribution < 1.29 is 9.59 Å². The number of carbonyl (C=O) groups is 2. The van der Waals surface area contributed by atoms with Crippen LogP contribution in [0.1, 0.15) is 26.5 Å². The van der Waals surface area contributed by atoms with E-state index in [0.29, 0.717) is 16.1 Å². The van der Waals surface area contributed by atoms with E-state index < -0.39 is 0 Å². The number of rotatable bonds is 4. The summed E-state index contributed by atoms with van der Waals surface area (Å²) in [5.41, 5.74) is 1.17. The molecular formula is C16H18ClN3O2S. The van der Waals surface area contributed by atoms with Gasteiger partial charge in [-0.1, -0.05) is 12.1 Å². The molecule has 1 aromatic carbocycles. The lowest BCUT2D eigenvalue weighted by molar-refractivity contribution is 0.0939. The third-order valence-electron chi connectivity index (χ3n) is 3.52. The van der Waals surface area contributed by atoms with Gasteiger partial charge in [0.15, 0.2) is 0 Å². The van der Waals surface area contributed by atoms with Gasteiger partial charge in [0.25, 0.3) is 11.8 Å². The lowest BCUT2D eigenvalue weighted by Crippen LogP contribution is -2.36. The predicted octanol–water partition coefficient (Wildman–Crippen LogP) is 2.51. The molecule has 1 saturated heterocycles. The van der Waals surface area contributed by atoms with Crippen molar-refractivity contribution in [1.82, 2.24) is 10.6 Å². The average molecular weight is 352 g/mol. The highest BCUT2D eigenvalue weighted by atomic mass is 35.5. The number of anilines is 1. The number of hydrogen-bond donors (Lipinski definition) is 3. The van der Waals surface area contributed by atoms with Crippen molar-refractivity contribution in [2.24, 2.45) is 0 Å². The molecule has 0 bridgehead atoms. The first kappa shape index (κ1) is 17.5. The van der Waals surface area contributed by atoms with Gasteiger partial charge in [-0.15, -0.1) is 23.7 Å². The molecule has 1 aliphatic heterocycles. The van der Waals surface area contributed by atoms with Gasteiger partial charge in [-0.2, -0.15) is 0 Å². The maximum atomic E-state index is 12.2. The zero-order chi connectivity index (χ0) is 15.4. The van der Waals surface area contributed by atoms with Crippen LogP contribution in [-0.2, 0) is 0 Å². The van der Waals surface area contributed by atoms with Gasteiger partial charge in [0.1, 0.15) is 0 Å². The highest BCUT2D eigenvalue weighted by molar-refractivity contribution is 7.12. The second-order valence-corrected chi connectivity index (χ2v) is 6.12. The fourth-order valence-corrected chi connectivity index (χ4v) is 3.00. The van der Waals surface area contributed by atoms with Crippen molar-refractivity contribution in [3.8, 4) is 0 Å². The molecule has 0 aliphatic carbocycles. The average Bonchev–Trinajstić information content (AvgIpc) is 3.21. The normalized spacial score (nSPS) is 16.4. The van der Waals surface area contributed by atoms with E-state index in [4.69, 9.17) is 0 Å². The van der Waals surface area contributed by atoms with Crippen LogP contribution in [0.2, 0.25) is 0 Å². The molecule has 3 N–H and O–H groups in total. The first-order valence-corrected chi connectivity index (χ1v) is 8.07. The van der Waals surface area contributed by atoms with Crippen LogP contribution >= 0.6 is 23.7 Å². The first-order chi connectivity index (χ1) is 10.7. The van der Waals surface area contributed by atoms with Crippen LogP contribution in [0.25, 0.3) is 0 Å². The molecule has 3 rings (SSSR count). The van der Waals surface area contributed by atoms with E-state index in [-0.39, 0.29) is 30.3 Å². The number of thiophene rings is 1. The maximum Gasteiger partial charge on any atom is 0.265 e. The molecule has 2 aromatic rings. The van der Waals surface area contributed by atoms with Crippen LogP contribution in [-0.4, -0.2) is 30.9 Å². The molecule has 0 saturated carbocycles. The van der Waals surface area contributed by atoms with Crippen LogP contribution in [0.5, 0.6) is 0 Å². The van der Waals surface area contributed by atoms with Gasteiger partial charge < -0.3 is 16.0 Å². The van der Waals surface area contributed by atoms with Crippen LogP contribution in [0, 0.1) is 0 Å². The van der Waals surface area contributed by atoms with E-state index in [1.54, 1.807) is 30.3 Å². The Labute approximate surface area is 144 Å². The topological polar surface area (TPSA) is 70.2 Å². The Bertz CT molecular complexity index is 670. The smallest absolute Gasteiger partial charge is 0.265 e. The van der Waals surface area contributed by atoms with Crippen molar-refractivity contribution in [2.45, 2.75) is 12.5 Å². The highest BCUT2D eigenvalue weighted by Gasteiger charge is 2.17. The van der Waals surface area contributed by atoms with Gasteiger partial charge in [0.2, 0.25) is 0 Å².